The molecular weight excluding hydrogens is 2080 g/mol. The maximum atomic E-state index is 13.9. The van der Waals surface area contributed by atoms with Gasteiger partial charge in [0.15, 0.2) is 43.4 Å². The van der Waals surface area contributed by atoms with Gasteiger partial charge < -0.3 is 79.6 Å². The van der Waals surface area contributed by atoms with Gasteiger partial charge in [0, 0.05) is 157 Å². The average molecular weight is 2170 g/mol. The highest BCUT2D eigenvalue weighted by Crippen LogP contribution is 2.44. The summed E-state index contributed by atoms with van der Waals surface area (Å²) in [6.45, 7) is 14.0. The maximum absolute atomic E-state index is 13.9. The van der Waals surface area contributed by atoms with Gasteiger partial charge in [-0.05, 0) is 101 Å². The number of esters is 4. The third kappa shape index (κ3) is 25.2. The quantitative estimate of drug-likeness (QED) is 0.0175. The number of thiazole rings is 4. The number of ether oxygens (including phenoxy) is 8. The Hall–Kier alpha value is -10.7. The first-order chi connectivity index (χ1) is 66.3. The van der Waals surface area contributed by atoms with Gasteiger partial charge in [-0.25, -0.2) is 52.3 Å². The van der Waals surface area contributed by atoms with Gasteiger partial charge in [-0.3, -0.25) is 58.7 Å². The molecule has 0 bridgehead atoms. The number of carboxylic acid groups (broad SMARTS) is 4. The highest BCUT2D eigenvalue weighted by atomic mass is 79.9. The van der Waals surface area contributed by atoms with Gasteiger partial charge in [-0.2, -0.15) is 0 Å². The molecule has 0 saturated carbocycles. The van der Waals surface area contributed by atoms with Crippen LogP contribution in [0.4, 0.5) is 13.2 Å². The molecule has 8 aromatic rings. The van der Waals surface area contributed by atoms with E-state index in [2.05, 4.69) is 73.1 Å². The predicted molar refractivity (Wildman–Crippen MR) is 513 cm³/mol. The minimum absolute atomic E-state index is 0.0382. The maximum Gasteiger partial charge on any atom is 0.338 e. The zero-order valence-corrected chi connectivity index (χ0v) is 83.3. The molecule has 0 aliphatic carbocycles. The number of methoxy groups -OCH3 is 1. The standard InChI is InChI=1S/C23H24BrFN4O5S.C23H24Cl2N4O5S.C23H24ClFN4O5S.C21H20BrFN4O5S/c1-3-33-23(32)17-16(11-29-7-8-34-12(2)19(29)22(30)31)27-20(21-26-6-9-35-21)28-18(17)14-5-4-13(25)10-15(14)24;1-3-33-23(32)17-16(11-29-7-8-34-12(2)19(29)22(30)31)27-20(21-26-6-9-35-21)28-18(17)14-5-4-13(24)10-15(14)25;1-3-33-23(32)17-16(11-29-7-8-34-12(2)19(29)22(30)31)27-20(21-26-6-9-35-21)28-18(17)14-5-4-13(25)10-15(14)24;1-31-21(30)16-14(9-27-5-6-32-10-15(27)20(28)29)25-18(19-24-4-7-33-19)26-17(16)12-3-2-11(23)8-13(12)22/h3*4-6,9-10,12,18-19H,3,7-8,11H2,1-2H3,(H,27,28)(H,30,31);2-4,7-8,15,17H,5-6,9-10H2,1H3,(H,25,26)(H,28,29)/t3*12-,18?,19+;15-,17?/m1110/s1. The molecule has 0 spiro atoms. The van der Waals surface area contributed by atoms with E-state index in [-0.39, 0.29) is 79.9 Å². The van der Waals surface area contributed by atoms with E-state index in [1.807, 2.05) is 5.38 Å². The van der Waals surface area contributed by atoms with Crippen LogP contribution in [0.3, 0.4) is 0 Å². The van der Waals surface area contributed by atoms with E-state index in [9.17, 15) is 72.0 Å². The van der Waals surface area contributed by atoms with Crippen LogP contribution in [0.15, 0.2) is 193 Å². The Morgan fingerprint density at radius 3 is 1.03 bits per heavy atom. The average Bonchev–Trinajstić information content (AvgIpc) is 1.08. The Balaban J connectivity index is 0.000000155. The summed E-state index contributed by atoms with van der Waals surface area (Å²) in [5, 5.41) is 62.4. The van der Waals surface area contributed by atoms with Gasteiger partial charge in [-0.1, -0.05) is 90.9 Å². The Morgan fingerprint density at radius 2 is 0.732 bits per heavy atom. The number of aromatic nitrogens is 4. The molecule has 8 aliphatic heterocycles. The third-order valence-electron chi connectivity index (χ3n) is 22.5. The Labute approximate surface area is 836 Å². The van der Waals surface area contributed by atoms with Crippen LogP contribution in [0, 0.1) is 17.5 Å². The first-order valence-electron chi connectivity index (χ1n) is 42.9. The first kappa shape index (κ1) is 105. The zero-order chi connectivity index (χ0) is 98.9. The normalized spacial score (nSPS) is 22.6. The lowest BCUT2D eigenvalue weighted by Crippen LogP contribution is -2.56. The summed E-state index contributed by atoms with van der Waals surface area (Å²) in [5.74, 6) is -6.18. The van der Waals surface area contributed by atoms with Crippen LogP contribution in [0.2, 0.25) is 15.1 Å². The molecule has 138 heavy (non-hydrogen) atoms. The molecule has 8 aliphatic rings. The van der Waals surface area contributed by atoms with Crippen molar-refractivity contribution < 1.29 is 110 Å². The third-order valence-corrected chi connectivity index (χ3v) is 27.9. The van der Waals surface area contributed by atoms with Crippen molar-refractivity contribution in [3.05, 3.63) is 248 Å². The Kier molecular flexibility index (Phi) is 36.7. The molecule has 0 amide bonds. The number of nitrogens with zero attached hydrogens (tertiary/aromatic N) is 12. The number of benzene rings is 4. The molecule has 36 nitrogen and oxygen atoms in total. The van der Waals surface area contributed by atoms with E-state index >= 15 is 0 Å². The molecule has 16 rings (SSSR count). The van der Waals surface area contributed by atoms with Gasteiger partial charge in [0.05, 0.1) is 101 Å². The number of morpholine rings is 4. The van der Waals surface area contributed by atoms with Gasteiger partial charge in [0.2, 0.25) is 0 Å². The molecule has 8 N–H and O–H groups in total. The molecule has 11 atom stereocenters. The highest BCUT2D eigenvalue weighted by Gasteiger charge is 2.46. The number of aliphatic carboxylic acids is 4. The summed E-state index contributed by atoms with van der Waals surface area (Å²) in [6.07, 6.45) is 4.94. The van der Waals surface area contributed by atoms with Crippen molar-refractivity contribution >= 4 is 183 Å². The number of rotatable bonds is 27. The number of carbonyl (C=O) groups is 8. The summed E-state index contributed by atoms with van der Waals surface area (Å²) in [7, 11) is 1.26. The number of carboxylic acids is 4. The number of hydrogen-bond donors (Lipinski definition) is 8. The summed E-state index contributed by atoms with van der Waals surface area (Å²) >= 11 is 31.3. The van der Waals surface area contributed by atoms with Gasteiger partial charge in [0.1, 0.15) is 65.8 Å². The van der Waals surface area contributed by atoms with Crippen LogP contribution in [0.1, 0.15) is 108 Å². The molecular formula is C90H92Br2Cl3F3N16O20S4. The molecule has 48 heteroatoms. The topological polar surface area (TPSA) is 453 Å². The van der Waals surface area contributed by atoms with Crippen molar-refractivity contribution in [2.45, 2.75) is 108 Å². The van der Waals surface area contributed by atoms with Crippen molar-refractivity contribution in [1.29, 1.82) is 0 Å². The largest absolute Gasteiger partial charge is 0.480 e. The fraction of sp³-hybridized carbons (Fsp3) is 0.378. The number of carbonyl (C=O) groups excluding carboxylic acids is 4. The molecule has 4 unspecified atom stereocenters. The minimum atomic E-state index is -1.03. The van der Waals surface area contributed by atoms with Crippen molar-refractivity contribution in [2.75, 3.05) is 112 Å². The van der Waals surface area contributed by atoms with Crippen LogP contribution in [0.25, 0.3) is 0 Å². The highest BCUT2D eigenvalue weighted by molar-refractivity contribution is 9.10. The lowest BCUT2D eigenvalue weighted by Gasteiger charge is -2.38. The zero-order valence-electron chi connectivity index (χ0n) is 74.6. The number of amidine groups is 4. The van der Waals surface area contributed by atoms with Crippen LogP contribution in [-0.2, 0) is 76.3 Å². The summed E-state index contributed by atoms with van der Waals surface area (Å²) in [6, 6.07) is 10.2. The van der Waals surface area contributed by atoms with Crippen LogP contribution < -0.4 is 21.3 Å². The number of hydrogen-bond acceptors (Lipinski definition) is 36. The Morgan fingerprint density at radius 1 is 0.428 bits per heavy atom. The molecule has 4 fully saturated rings. The van der Waals surface area contributed by atoms with E-state index in [1.165, 1.54) is 88.9 Å². The van der Waals surface area contributed by atoms with Crippen molar-refractivity contribution in [1.82, 2.24) is 60.8 Å². The molecule has 0 radical (unpaired) electrons. The van der Waals surface area contributed by atoms with Crippen LogP contribution in [-0.4, -0.2) is 286 Å². The molecule has 4 saturated heterocycles. The fourth-order valence-corrected chi connectivity index (χ4v) is 20.6. The summed E-state index contributed by atoms with van der Waals surface area (Å²) in [5.41, 5.74) is 4.73. The van der Waals surface area contributed by atoms with Gasteiger partial charge in [0.25, 0.3) is 0 Å². The minimum Gasteiger partial charge on any atom is -0.480 e. The van der Waals surface area contributed by atoms with Crippen LogP contribution >= 0.6 is 112 Å². The predicted octanol–water partition coefficient (Wildman–Crippen LogP) is 12.0. The first-order valence-corrected chi connectivity index (χ1v) is 49.1. The van der Waals surface area contributed by atoms with Crippen LogP contribution in [0.5, 0.6) is 0 Å². The van der Waals surface area contributed by atoms with Gasteiger partial charge >= 0.3 is 47.8 Å². The summed E-state index contributed by atoms with van der Waals surface area (Å²) < 4.78 is 85.5. The number of aliphatic imine (C=N–C) groups is 4. The second-order valence-corrected chi connectivity index (χ2v) is 37.7. The second-order valence-electron chi connectivity index (χ2n) is 31.1. The van der Waals surface area contributed by atoms with Crippen molar-refractivity contribution in [3.63, 3.8) is 0 Å². The number of nitrogens with one attached hydrogen (secondary N) is 4. The number of halogens is 8. The molecule has 4 aromatic carbocycles. The molecule has 12 heterocycles. The second kappa shape index (κ2) is 48.5. The lowest BCUT2D eigenvalue weighted by atomic mass is 9.94. The van der Waals surface area contributed by atoms with Crippen molar-refractivity contribution in [3.8, 4) is 0 Å². The monoisotopic (exact) mass is 2160 g/mol. The van der Waals surface area contributed by atoms with Crippen molar-refractivity contribution in [2.24, 2.45) is 20.0 Å². The van der Waals surface area contributed by atoms with Gasteiger partial charge in [-0.15, -0.1) is 45.3 Å². The smallest absolute Gasteiger partial charge is 0.338 e. The molecule has 732 valence electrons. The summed E-state index contributed by atoms with van der Waals surface area (Å²) in [4.78, 5) is 144. The SMILES string of the molecule is CCOC(=O)C1=C(CN2CCO[C@H](C)[C@H]2C(=O)O)NC(c2nccs2)=NC1c1ccc(Cl)cc1Cl.CCOC(=O)C1=C(CN2CCO[C@H](C)[C@H]2C(=O)O)NC(c2nccs2)=NC1c1ccc(F)cc1Br.CCOC(=O)C1=C(CN2CCO[C@H](C)[C@H]2C(=O)O)NC(c2nccs2)=NC1c1ccc(F)cc1Cl.COC(=O)C1=C(CN2CCOC[C@H]2C(=O)O)NC(c2nccs2)=NC1c1ccc(F)cc1Br. The fourth-order valence-electron chi connectivity index (χ4n) is 16.3. The Bertz CT molecular complexity index is 5660. The van der Waals surface area contributed by atoms with E-state index in [0.29, 0.717) is 160 Å². The van der Waals surface area contributed by atoms with E-state index in [0.717, 1.165) is 6.07 Å². The molecule has 4 aromatic heterocycles. The van der Waals surface area contributed by atoms with E-state index in [1.54, 1.807) is 132 Å². The lowest BCUT2D eigenvalue weighted by molar-refractivity contribution is -0.156. The van der Waals surface area contributed by atoms with E-state index in [4.69, 9.17) is 92.7 Å². The van der Waals surface area contributed by atoms with E-state index < -0.39 is 132 Å².